The minimum Gasteiger partial charge on any atom is -0.456 e. The fourth-order valence-electron chi connectivity index (χ4n) is 8.19. The summed E-state index contributed by atoms with van der Waals surface area (Å²) in [7, 11) is 0. The summed E-state index contributed by atoms with van der Waals surface area (Å²) in [6.07, 6.45) is 0. The van der Waals surface area contributed by atoms with Crippen LogP contribution >= 0.6 is 0 Å². The molecule has 4 heteroatoms. The van der Waals surface area contributed by atoms with Crippen LogP contribution in [0.3, 0.4) is 0 Å². The summed E-state index contributed by atoms with van der Waals surface area (Å²) >= 11 is 0. The van der Waals surface area contributed by atoms with Gasteiger partial charge in [0.2, 0.25) is 0 Å². The zero-order valence-corrected chi connectivity index (χ0v) is 32.0. The predicted molar refractivity (Wildman–Crippen MR) is 243 cm³/mol. The van der Waals surface area contributed by atoms with Crippen molar-refractivity contribution < 1.29 is 4.42 Å². The molecule has 0 saturated heterocycles. The molecule has 0 saturated carbocycles. The largest absolute Gasteiger partial charge is 0.456 e. The van der Waals surface area contributed by atoms with E-state index in [2.05, 4.69) is 170 Å². The Morgan fingerprint density at radius 1 is 0.271 bits per heavy atom. The summed E-state index contributed by atoms with van der Waals surface area (Å²) in [6, 6.07) is 74.1. The van der Waals surface area contributed by atoms with Gasteiger partial charge in [-0.05, 0) is 85.6 Å². The Balaban J connectivity index is 0.984. The van der Waals surface area contributed by atoms with Gasteiger partial charge >= 0.3 is 0 Å². The number of hydrogen-bond acceptors (Lipinski definition) is 4. The van der Waals surface area contributed by atoms with Crippen LogP contribution < -0.4 is 0 Å². The van der Waals surface area contributed by atoms with Crippen LogP contribution in [0.5, 0.6) is 0 Å². The molecule has 0 aliphatic heterocycles. The van der Waals surface area contributed by atoms with Gasteiger partial charge in [-0.15, -0.1) is 0 Å². The first kappa shape index (κ1) is 34.3. The summed E-state index contributed by atoms with van der Waals surface area (Å²) < 4.78 is 6.59. The van der Waals surface area contributed by atoms with Gasteiger partial charge in [-0.2, -0.15) is 0 Å². The first-order chi connectivity index (χ1) is 29.2. The van der Waals surface area contributed by atoms with Crippen LogP contribution in [0.2, 0.25) is 0 Å². The van der Waals surface area contributed by atoms with Crippen LogP contribution in [0.1, 0.15) is 0 Å². The zero-order chi connectivity index (χ0) is 39.1. The van der Waals surface area contributed by atoms with Gasteiger partial charge in [0.25, 0.3) is 0 Å². The summed E-state index contributed by atoms with van der Waals surface area (Å²) in [4.78, 5) is 15.2. The molecule has 4 nitrogen and oxygen atoms in total. The Hall–Kier alpha value is -7.95. The Bertz CT molecular complexity index is 3300. The molecule has 0 spiro atoms. The van der Waals surface area contributed by atoms with E-state index in [1.165, 1.54) is 33.4 Å². The fourth-order valence-corrected chi connectivity index (χ4v) is 8.19. The van der Waals surface area contributed by atoms with Crippen LogP contribution in [-0.4, -0.2) is 15.0 Å². The van der Waals surface area contributed by atoms with Gasteiger partial charge in [0, 0.05) is 27.5 Å². The van der Waals surface area contributed by atoms with E-state index in [1.54, 1.807) is 0 Å². The molecule has 0 atom stereocenters. The van der Waals surface area contributed by atoms with Crippen LogP contribution in [0, 0.1) is 0 Å². The molecule has 0 aliphatic rings. The van der Waals surface area contributed by atoms with Crippen molar-refractivity contribution in [3.63, 3.8) is 0 Å². The molecule has 11 aromatic rings. The molecular weight excluding hydrogens is 719 g/mol. The molecule has 0 unspecified atom stereocenters. The van der Waals surface area contributed by atoms with Crippen molar-refractivity contribution in [1.82, 2.24) is 15.0 Å². The number of fused-ring (bicyclic) bond motifs is 4. The third kappa shape index (κ3) is 6.43. The normalized spacial score (nSPS) is 11.4. The average Bonchev–Trinajstić information content (AvgIpc) is 3.70. The number of hydrogen-bond donors (Lipinski definition) is 0. The van der Waals surface area contributed by atoms with Crippen molar-refractivity contribution in [1.29, 1.82) is 0 Å². The highest BCUT2D eigenvalue weighted by Gasteiger charge is 2.17. The number of benzene rings is 9. The Morgan fingerprint density at radius 3 is 1.47 bits per heavy atom. The summed E-state index contributed by atoms with van der Waals surface area (Å²) in [5.41, 5.74) is 13.7. The molecule has 11 rings (SSSR count). The lowest BCUT2D eigenvalue weighted by Gasteiger charge is -2.11. The van der Waals surface area contributed by atoms with Crippen molar-refractivity contribution in [3.05, 3.63) is 212 Å². The second-order valence-electron chi connectivity index (χ2n) is 14.8. The lowest BCUT2D eigenvalue weighted by atomic mass is 9.95. The Labute approximate surface area is 341 Å². The van der Waals surface area contributed by atoms with Crippen molar-refractivity contribution >= 4 is 32.7 Å². The van der Waals surface area contributed by atoms with Crippen molar-refractivity contribution in [2.24, 2.45) is 0 Å². The fraction of sp³-hybridized carbons (Fsp3) is 0. The summed E-state index contributed by atoms with van der Waals surface area (Å²) in [6.45, 7) is 0. The maximum Gasteiger partial charge on any atom is 0.164 e. The van der Waals surface area contributed by atoms with Gasteiger partial charge in [0.05, 0.1) is 0 Å². The molecule has 0 aliphatic carbocycles. The van der Waals surface area contributed by atoms with E-state index in [4.69, 9.17) is 19.4 Å². The molecule has 9 aromatic carbocycles. The van der Waals surface area contributed by atoms with Crippen LogP contribution in [0.25, 0.3) is 111 Å². The molecule has 2 heterocycles. The highest BCUT2D eigenvalue weighted by molar-refractivity contribution is 6.13. The minimum absolute atomic E-state index is 0.583. The lowest BCUT2D eigenvalue weighted by molar-refractivity contribution is 0.669. The third-order valence-electron chi connectivity index (χ3n) is 11.1. The van der Waals surface area contributed by atoms with Gasteiger partial charge in [0.1, 0.15) is 11.2 Å². The highest BCUT2D eigenvalue weighted by Crippen LogP contribution is 2.39. The van der Waals surface area contributed by atoms with E-state index in [1.807, 2.05) is 42.5 Å². The second-order valence-corrected chi connectivity index (χ2v) is 14.8. The molecule has 0 fully saturated rings. The molecule has 0 bridgehead atoms. The topological polar surface area (TPSA) is 51.8 Å². The first-order valence-electron chi connectivity index (χ1n) is 19.8. The molecular formula is C55H35N3O. The maximum absolute atomic E-state index is 6.59. The van der Waals surface area contributed by atoms with Crippen molar-refractivity contribution in [2.75, 3.05) is 0 Å². The zero-order valence-electron chi connectivity index (χ0n) is 32.0. The molecule has 0 N–H and O–H groups in total. The van der Waals surface area contributed by atoms with Crippen LogP contribution in [-0.2, 0) is 0 Å². The first-order valence-corrected chi connectivity index (χ1v) is 19.8. The quantitative estimate of drug-likeness (QED) is 0.163. The number of furan rings is 1. The van der Waals surface area contributed by atoms with Crippen LogP contribution in [0.4, 0.5) is 0 Å². The van der Waals surface area contributed by atoms with E-state index in [-0.39, 0.29) is 0 Å². The maximum atomic E-state index is 6.59. The van der Waals surface area contributed by atoms with Gasteiger partial charge < -0.3 is 4.42 Å². The van der Waals surface area contributed by atoms with Gasteiger partial charge in [-0.3, -0.25) is 0 Å². The van der Waals surface area contributed by atoms with E-state index in [0.717, 1.165) is 60.5 Å². The van der Waals surface area contributed by atoms with E-state index in [0.29, 0.717) is 17.5 Å². The number of aromatic nitrogens is 3. The lowest BCUT2D eigenvalue weighted by Crippen LogP contribution is -2.00. The van der Waals surface area contributed by atoms with Crippen molar-refractivity contribution in [2.45, 2.75) is 0 Å². The molecule has 0 amide bonds. The SMILES string of the molecule is c1ccc(-c2cccc(-c3ccc(-c4cccc5oc6cc(-c7nc(-c8ccccc8)nc(-c8ccc9cccc(-c%10ccccc%10)c9c8)n7)ccc6c45)cc3)c2)cc1. The third-order valence-corrected chi connectivity index (χ3v) is 11.1. The highest BCUT2D eigenvalue weighted by atomic mass is 16.3. The van der Waals surface area contributed by atoms with E-state index < -0.39 is 0 Å². The Kier molecular flexibility index (Phi) is 8.45. The van der Waals surface area contributed by atoms with Gasteiger partial charge in [0.15, 0.2) is 17.5 Å². The van der Waals surface area contributed by atoms with Gasteiger partial charge in [-0.25, -0.2) is 15.0 Å². The molecule has 2 aromatic heterocycles. The summed E-state index contributed by atoms with van der Waals surface area (Å²) in [5.74, 6) is 1.81. The minimum atomic E-state index is 0.583. The van der Waals surface area contributed by atoms with Crippen LogP contribution in [0.15, 0.2) is 217 Å². The van der Waals surface area contributed by atoms with Crippen molar-refractivity contribution in [3.8, 4) is 78.7 Å². The molecule has 59 heavy (non-hydrogen) atoms. The van der Waals surface area contributed by atoms with E-state index in [9.17, 15) is 0 Å². The van der Waals surface area contributed by atoms with E-state index >= 15 is 0 Å². The second kappa shape index (κ2) is 14.5. The average molecular weight is 754 g/mol. The number of nitrogens with zero attached hydrogens (tertiary/aromatic N) is 3. The Morgan fingerprint density at radius 2 is 0.763 bits per heavy atom. The molecule has 276 valence electrons. The number of rotatable bonds is 7. The smallest absolute Gasteiger partial charge is 0.164 e. The standard InChI is InChI=1S/C55H35N3O/c1-4-13-36(14-5-1)42-20-10-21-43(33-42)37-25-27-40(28-26-37)47-23-12-24-50-52(47)48-32-31-45(35-51(48)59-50)55-57-53(41-17-8-3-9-18-41)56-54(58-55)44-30-29-39-19-11-22-46(49(39)34-44)38-15-6-2-7-16-38/h1-35H. The monoisotopic (exact) mass is 753 g/mol. The molecule has 0 radical (unpaired) electrons. The van der Waals surface area contributed by atoms with Gasteiger partial charge in [-0.1, -0.05) is 182 Å². The summed E-state index contributed by atoms with van der Waals surface area (Å²) in [5, 5.41) is 4.43. The predicted octanol–water partition coefficient (Wildman–Crippen LogP) is 14.6.